The Kier molecular flexibility index (Phi) is 4.99. The van der Waals surface area contributed by atoms with Gasteiger partial charge in [0.15, 0.2) is 0 Å². The Labute approximate surface area is 143 Å². The van der Waals surface area contributed by atoms with Crippen LogP contribution in [0.15, 0.2) is 23.1 Å². The molecule has 10 nitrogen and oxygen atoms in total. The van der Waals surface area contributed by atoms with E-state index in [9.17, 15) is 13.2 Å². The van der Waals surface area contributed by atoms with Crippen molar-refractivity contribution in [2.75, 3.05) is 19.8 Å². The Balaban J connectivity index is 1.84. The molecule has 2 heterocycles. The predicted octanol–water partition coefficient (Wildman–Crippen LogP) is -0.495. The highest BCUT2D eigenvalue weighted by Crippen LogP contribution is 2.21. The van der Waals surface area contributed by atoms with Crippen molar-refractivity contribution < 1.29 is 27.8 Å². The first kappa shape index (κ1) is 17.7. The van der Waals surface area contributed by atoms with Crippen LogP contribution in [0.1, 0.15) is 6.42 Å². The number of carboxylic acid groups (broad SMARTS) is 1. The highest BCUT2D eigenvalue weighted by molar-refractivity contribution is 7.89. The van der Waals surface area contributed by atoms with E-state index in [4.69, 9.17) is 14.6 Å². The third-order valence-corrected chi connectivity index (χ3v) is 5.31. The molecule has 0 saturated carbocycles. The van der Waals surface area contributed by atoms with E-state index in [0.717, 1.165) is 0 Å². The Bertz CT molecular complexity index is 881. The van der Waals surface area contributed by atoms with Crippen LogP contribution in [0.2, 0.25) is 0 Å². The van der Waals surface area contributed by atoms with E-state index in [1.54, 1.807) is 19.2 Å². The summed E-state index contributed by atoms with van der Waals surface area (Å²) in [5.74, 6) is -1.11. The van der Waals surface area contributed by atoms with Gasteiger partial charge in [0, 0.05) is 13.7 Å². The van der Waals surface area contributed by atoms with E-state index >= 15 is 0 Å². The average molecular weight is 370 g/mol. The van der Waals surface area contributed by atoms with Gasteiger partial charge in [-0.1, -0.05) is 6.07 Å². The standard InChI is InChI=1S/C14H18N4O6S/c1-18-15-9-3-2-4-12(14(9)16-18)25(21,22)17-10-7-23-6-5-11(10)24-8-13(19)20/h2-4,10-11,17H,5-8H2,1H3,(H,19,20)/t10-,11+/m1/s1. The van der Waals surface area contributed by atoms with Crippen LogP contribution >= 0.6 is 0 Å². The number of rotatable bonds is 6. The molecular formula is C14H18N4O6S. The molecular weight excluding hydrogens is 352 g/mol. The minimum Gasteiger partial charge on any atom is -0.480 e. The molecule has 0 amide bonds. The van der Waals surface area contributed by atoms with Crippen molar-refractivity contribution in [1.29, 1.82) is 0 Å². The van der Waals surface area contributed by atoms with E-state index in [1.165, 1.54) is 10.9 Å². The second-order valence-corrected chi connectivity index (χ2v) is 7.33. The van der Waals surface area contributed by atoms with Gasteiger partial charge < -0.3 is 14.6 Å². The summed E-state index contributed by atoms with van der Waals surface area (Å²) in [6.45, 7) is -0.0230. The second kappa shape index (κ2) is 7.04. The van der Waals surface area contributed by atoms with E-state index in [-0.39, 0.29) is 17.0 Å². The molecule has 11 heteroatoms. The summed E-state index contributed by atoms with van der Waals surface area (Å²) >= 11 is 0. The van der Waals surface area contributed by atoms with Gasteiger partial charge in [0.25, 0.3) is 0 Å². The molecule has 2 atom stereocenters. The van der Waals surface area contributed by atoms with Crippen LogP contribution in [0.3, 0.4) is 0 Å². The number of fused-ring (bicyclic) bond motifs is 1. The molecule has 3 rings (SSSR count). The number of nitrogens with one attached hydrogen (secondary N) is 1. The van der Waals surface area contributed by atoms with Crippen LogP contribution in [0.25, 0.3) is 11.0 Å². The average Bonchev–Trinajstić information content (AvgIpc) is 2.93. The van der Waals surface area contributed by atoms with Gasteiger partial charge in [0.2, 0.25) is 10.0 Å². The number of nitrogens with zero attached hydrogens (tertiary/aromatic N) is 3. The smallest absolute Gasteiger partial charge is 0.329 e. The summed E-state index contributed by atoms with van der Waals surface area (Å²) < 4.78 is 38.7. The molecule has 2 N–H and O–H groups in total. The van der Waals surface area contributed by atoms with Crippen molar-refractivity contribution >= 4 is 27.0 Å². The van der Waals surface area contributed by atoms with Gasteiger partial charge in [0.1, 0.15) is 22.5 Å². The normalized spacial score (nSPS) is 21.5. The molecule has 0 spiro atoms. The molecule has 2 aromatic rings. The van der Waals surface area contributed by atoms with Gasteiger partial charge in [-0.05, 0) is 18.6 Å². The van der Waals surface area contributed by atoms with Crippen LogP contribution < -0.4 is 4.72 Å². The molecule has 1 aliphatic heterocycles. The van der Waals surface area contributed by atoms with Crippen molar-refractivity contribution in [1.82, 2.24) is 19.7 Å². The van der Waals surface area contributed by atoms with Crippen molar-refractivity contribution in [3.8, 4) is 0 Å². The fourth-order valence-electron chi connectivity index (χ4n) is 2.70. The SMILES string of the molecule is Cn1nc2cccc(S(=O)(=O)N[C@@H]3COCC[C@@H]3OCC(=O)O)c2n1. The van der Waals surface area contributed by atoms with Gasteiger partial charge in [-0.25, -0.2) is 17.9 Å². The highest BCUT2D eigenvalue weighted by atomic mass is 32.2. The number of carboxylic acids is 1. The fraction of sp³-hybridized carbons (Fsp3) is 0.500. The monoisotopic (exact) mass is 370 g/mol. The summed E-state index contributed by atoms with van der Waals surface area (Å²) in [7, 11) is -2.31. The zero-order valence-electron chi connectivity index (χ0n) is 13.5. The van der Waals surface area contributed by atoms with Crippen LogP contribution in [-0.4, -0.2) is 66.5 Å². The van der Waals surface area contributed by atoms with Crippen LogP contribution in [-0.2, 0) is 31.3 Å². The number of aryl methyl sites for hydroxylation is 1. The third-order valence-electron chi connectivity index (χ3n) is 3.78. The number of aliphatic carboxylic acids is 1. The molecule has 0 bridgehead atoms. The van der Waals surface area contributed by atoms with Gasteiger partial charge in [-0.3, -0.25) is 0 Å². The summed E-state index contributed by atoms with van der Waals surface area (Å²) in [6, 6.07) is 4.01. The molecule has 1 fully saturated rings. The van der Waals surface area contributed by atoms with Crippen molar-refractivity contribution in [2.45, 2.75) is 23.5 Å². The molecule has 1 aromatic heterocycles. The van der Waals surface area contributed by atoms with E-state index in [2.05, 4.69) is 14.9 Å². The molecule has 1 aliphatic rings. The number of hydrogen-bond acceptors (Lipinski definition) is 7. The Morgan fingerprint density at radius 1 is 1.48 bits per heavy atom. The minimum atomic E-state index is -3.92. The highest BCUT2D eigenvalue weighted by Gasteiger charge is 2.32. The Morgan fingerprint density at radius 3 is 3.04 bits per heavy atom. The molecule has 136 valence electrons. The largest absolute Gasteiger partial charge is 0.480 e. The van der Waals surface area contributed by atoms with Crippen LogP contribution in [0.4, 0.5) is 0 Å². The summed E-state index contributed by atoms with van der Waals surface area (Å²) in [5.41, 5.74) is 0.723. The number of benzene rings is 1. The van der Waals surface area contributed by atoms with E-state index in [1.807, 2.05) is 0 Å². The maximum Gasteiger partial charge on any atom is 0.329 e. The number of hydrogen-bond donors (Lipinski definition) is 2. The molecule has 1 saturated heterocycles. The van der Waals surface area contributed by atoms with Crippen molar-refractivity contribution in [3.05, 3.63) is 18.2 Å². The van der Waals surface area contributed by atoms with Crippen LogP contribution in [0, 0.1) is 0 Å². The predicted molar refractivity (Wildman–Crippen MR) is 85.4 cm³/mol. The van der Waals surface area contributed by atoms with Gasteiger partial charge in [-0.2, -0.15) is 15.0 Å². The first-order valence-electron chi connectivity index (χ1n) is 7.60. The zero-order chi connectivity index (χ0) is 18.0. The third kappa shape index (κ3) is 3.95. The summed E-state index contributed by atoms with van der Waals surface area (Å²) in [6.07, 6.45) is -0.184. The number of carbonyl (C=O) groups is 1. The van der Waals surface area contributed by atoms with E-state index < -0.39 is 34.7 Å². The quantitative estimate of drug-likeness (QED) is 0.696. The number of aromatic nitrogens is 3. The van der Waals surface area contributed by atoms with Gasteiger partial charge in [-0.15, -0.1) is 0 Å². The lowest BCUT2D eigenvalue weighted by Crippen LogP contribution is -2.50. The first-order chi connectivity index (χ1) is 11.9. The molecule has 25 heavy (non-hydrogen) atoms. The maximum atomic E-state index is 12.8. The summed E-state index contributed by atoms with van der Waals surface area (Å²) in [5, 5.41) is 16.9. The molecule has 0 unspecified atom stereocenters. The lowest BCUT2D eigenvalue weighted by atomic mass is 10.1. The van der Waals surface area contributed by atoms with Crippen molar-refractivity contribution in [3.63, 3.8) is 0 Å². The van der Waals surface area contributed by atoms with E-state index in [0.29, 0.717) is 18.5 Å². The Hall–Kier alpha value is -2.08. The molecule has 1 aromatic carbocycles. The second-order valence-electron chi connectivity index (χ2n) is 5.65. The lowest BCUT2D eigenvalue weighted by molar-refractivity contribution is -0.147. The van der Waals surface area contributed by atoms with Gasteiger partial charge >= 0.3 is 5.97 Å². The fourth-order valence-corrected chi connectivity index (χ4v) is 4.10. The molecule has 0 radical (unpaired) electrons. The topological polar surface area (TPSA) is 133 Å². The number of sulfonamides is 1. The zero-order valence-corrected chi connectivity index (χ0v) is 14.3. The van der Waals surface area contributed by atoms with Crippen molar-refractivity contribution in [2.24, 2.45) is 7.05 Å². The van der Waals surface area contributed by atoms with Gasteiger partial charge in [0.05, 0.1) is 18.8 Å². The lowest BCUT2D eigenvalue weighted by Gasteiger charge is -2.31. The maximum absolute atomic E-state index is 12.8. The Morgan fingerprint density at radius 2 is 2.28 bits per heavy atom. The minimum absolute atomic E-state index is 0.000609. The number of ether oxygens (including phenoxy) is 2. The van der Waals surface area contributed by atoms with Crippen LogP contribution in [0.5, 0.6) is 0 Å². The first-order valence-corrected chi connectivity index (χ1v) is 9.08. The summed E-state index contributed by atoms with van der Waals surface area (Å²) in [4.78, 5) is 12.0. The molecule has 0 aliphatic carbocycles.